The molecule has 1 N–H and O–H groups in total. The number of carboxylic acids is 1. The van der Waals surface area contributed by atoms with Crippen molar-refractivity contribution >= 4 is 11.8 Å². The van der Waals surface area contributed by atoms with Gasteiger partial charge in [0, 0.05) is 12.6 Å². The Bertz CT molecular complexity index is 497. The summed E-state index contributed by atoms with van der Waals surface area (Å²) >= 11 is 0. The summed E-state index contributed by atoms with van der Waals surface area (Å²) in [6.07, 6.45) is 1.91. The highest BCUT2D eigenvalue weighted by atomic mass is 16.4. The molecule has 0 aromatic carbocycles. The van der Waals surface area contributed by atoms with E-state index in [9.17, 15) is 9.90 Å². The first-order chi connectivity index (χ1) is 9.83. The Hall–Kier alpha value is -1.65. The number of anilines is 1. The van der Waals surface area contributed by atoms with Crippen molar-refractivity contribution in [1.82, 2.24) is 10.2 Å². The average molecular weight is 293 g/mol. The van der Waals surface area contributed by atoms with Crippen molar-refractivity contribution in [1.29, 1.82) is 0 Å². The molecule has 0 atom stereocenters. The summed E-state index contributed by atoms with van der Waals surface area (Å²) in [5, 5.41) is 18.0. The predicted molar refractivity (Wildman–Crippen MR) is 85.0 cm³/mol. The largest absolute Gasteiger partial charge is 0.478 e. The minimum absolute atomic E-state index is 0.280. The molecule has 5 nitrogen and oxygen atoms in total. The summed E-state index contributed by atoms with van der Waals surface area (Å²) in [5.41, 5.74) is 1.66. The molecular formula is C16H27N3O2. The Labute approximate surface area is 127 Å². The van der Waals surface area contributed by atoms with E-state index in [1.165, 1.54) is 0 Å². The van der Waals surface area contributed by atoms with Gasteiger partial charge in [-0.3, -0.25) is 0 Å². The summed E-state index contributed by atoms with van der Waals surface area (Å²) in [4.78, 5) is 13.8. The summed E-state index contributed by atoms with van der Waals surface area (Å²) in [6.45, 7) is 12.9. The smallest absolute Gasteiger partial charge is 0.339 e. The van der Waals surface area contributed by atoms with Crippen molar-refractivity contribution in [3.63, 3.8) is 0 Å². The quantitative estimate of drug-likeness (QED) is 0.834. The SMILES string of the molecule is CCC(CC)N(CC(C)C)c1nnc(C)c(C)c1C(=O)O. The van der Waals surface area contributed by atoms with Gasteiger partial charge < -0.3 is 10.0 Å². The maximum atomic E-state index is 11.7. The van der Waals surface area contributed by atoms with Gasteiger partial charge in [-0.1, -0.05) is 27.7 Å². The molecule has 0 bridgehead atoms. The fourth-order valence-corrected chi connectivity index (χ4v) is 2.58. The lowest BCUT2D eigenvalue weighted by molar-refractivity contribution is 0.0695. The van der Waals surface area contributed by atoms with Gasteiger partial charge in [-0.2, -0.15) is 5.10 Å². The third-order valence-corrected chi connectivity index (χ3v) is 3.87. The molecule has 0 aliphatic rings. The van der Waals surface area contributed by atoms with Crippen LogP contribution in [0, 0.1) is 19.8 Å². The van der Waals surface area contributed by atoms with E-state index in [1.807, 2.05) is 0 Å². The van der Waals surface area contributed by atoms with Crippen LogP contribution < -0.4 is 4.90 Å². The number of aryl methyl sites for hydroxylation is 1. The number of rotatable bonds is 7. The highest BCUT2D eigenvalue weighted by Gasteiger charge is 2.26. The summed E-state index contributed by atoms with van der Waals surface area (Å²) in [5.74, 6) is 0.00358. The summed E-state index contributed by atoms with van der Waals surface area (Å²) in [7, 11) is 0. The molecule has 1 aromatic heterocycles. The van der Waals surface area contributed by atoms with Crippen LogP contribution in [0.2, 0.25) is 0 Å². The van der Waals surface area contributed by atoms with Crippen molar-refractivity contribution in [2.75, 3.05) is 11.4 Å². The minimum atomic E-state index is -0.930. The van der Waals surface area contributed by atoms with Crippen molar-refractivity contribution in [3.8, 4) is 0 Å². The number of carboxylic acid groups (broad SMARTS) is 1. The van der Waals surface area contributed by atoms with Crippen molar-refractivity contribution in [2.24, 2.45) is 5.92 Å². The van der Waals surface area contributed by atoms with Crippen LogP contribution in [0.3, 0.4) is 0 Å². The molecule has 118 valence electrons. The molecule has 0 radical (unpaired) electrons. The Morgan fingerprint density at radius 1 is 1.19 bits per heavy atom. The molecule has 0 aliphatic carbocycles. The molecule has 21 heavy (non-hydrogen) atoms. The number of nitrogens with zero attached hydrogens (tertiary/aromatic N) is 3. The summed E-state index contributed by atoms with van der Waals surface area (Å²) < 4.78 is 0. The van der Waals surface area contributed by atoms with Crippen molar-refractivity contribution in [3.05, 3.63) is 16.8 Å². The van der Waals surface area contributed by atoms with Crippen LogP contribution in [0.15, 0.2) is 0 Å². The van der Waals surface area contributed by atoms with E-state index in [4.69, 9.17) is 0 Å². The molecule has 0 saturated heterocycles. The first-order valence-electron chi connectivity index (χ1n) is 7.67. The maximum absolute atomic E-state index is 11.7. The standard InChI is InChI=1S/C16H27N3O2/c1-7-13(8-2)19(9-10(3)4)15-14(16(20)21)11(5)12(6)17-18-15/h10,13H,7-9H2,1-6H3,(H,20,21). The Morgan fingerprint density at radius 2 is 1.76 bits per heavy atom. The van der Waals surface area contributed by atoms with E-state index in [0.29, 0.717) is 23.0 Å². The lowest BCUT2D eigenvalue weighted by Crippen LogP contribution is -2.39. The molecule has 0 fully saturated rings. The van der Waals surface area contributed by atoms with Gasteiger partial charge in [0.15, 0.2) is 5.82 Å². The molecular weight excluding hydrogens is 266 g/mol. The normalized spacial score (nSPS) is 11.2. The van der Waals surface area contributed by atoms with E-state index in [0.717, 1.165) is 19.4 Å². The zero-order valence-corrected chi connectivity index (χ0v) is 14.0. The van der Waals surface area contributed by atoms with Gasteiger partial charge >= 0.3 is 5.97 Å². The summed E-state index contributed by atoms with van der Waals surface area (Å²) in [6, 6.07) is 0.280. The third kappa shape index (κ3) is 3.93. The Kier molecular flexibility index (Phi) is 6.12. The molecule has 0 unspecified atom stereocenters. The van der Waals surface area contributed by atoms with E-state index < -0.39 is 5.97 Å². The predicted octanol–water partition coefficient (Wildman–Crippen LogP) is 3.44. The van der Waals surface area contributed by atoms with Crippen molar-refractivity contribution < 1.29 is 9.90 Å². The van der Waals surface area contributed by atoms with Gasteiger partial charge in [0.1, 0.15) is 5.56 Å². The number of carbonyl (C=O) groups is 1. The monoisotopic (exact) mass is 293 g/mol. The number of hydrogen-bond donors (Lipinski definition) is 1. The minimum Gasteiger partial charge on any atom is -0.478 e. The first-order valence-corrected chi connectivity index (χ1v) is 7.67. The number of hydrogen-bond acceptors (Lipinski definition) is 4. The highest BCUT2D eigenvalue weighted by Crippen LogP contribution is 2.26. The van der Waals surface area contributed by atoms with Crippen LogP contribution in [0.4, 0.5) is 5.82 Å². The molecule has 5 heteroatoms. The fourth-order valence-electron chi connectivity index (χ4n) is 2.58. The van der Waals surface area contributed by atoms with E-state index in [1.54, 1.807) is 13.8 Å². The molecule has 1 aromatic rings. The van der Waals surface area contributed by atoms with Gasteiger partial charge in [-0.05, 0) is 38.2 Å². The maximum Gasteiger partial charge on any atom is 0.339 e. The van der Waals surface area contributed by atoms with E-state index in [-0.39, 0.29) is 11.6 Å². The molecule has 1 rings (SSSR count). The van der Waals surface area contributed by atoms with Gasteiger partial charge in [-0.25, -0.2) is 4.79 Å². The highest BCUT2D eigenvalue weighted by molar-refractivity contribution is 5.95. The van der Waals surface area contributed by atoms with E-state index >= 15 is 0 Å². The zero-order valence-electron chi connectivity index (χ0n) is 14.0. The van der Waals surface area contributed by atoms with Crippen LogP contribution in [-0.2, 0) is 0 Å². The van der Waals surface area contributed by atoms with Crippen LogP contribution in [0.5, 0.6) is 0 Å². The number of aromatic carboxylic acids is 1. The second-order valence-corrected chi connectivity index (χ2v) is 5.93. The average Bonchev–Trinajstić information content (AvgIpc) is 2.41. The van der Waals surface area contributed by atoms with Crippen LogP contribution in [-0.4, -0.2) is 33.9 Å². The molecule has 0 spiro atoms. The topological polar surface area (TPSA) is 66.3 Å². The van der Waals surface area contributed by atoms with Crippen LogP contribution in [0.1, 0.15) is 62.2 Å². The lowest BCUT2D eigenvalue weighted by Gasteiger charge is -2.34. The van der Waals surface area contributed by atoms with Crippen molar-refractivity contribution in [2.45, 2.75) is 60.4 Å². The number of aromatic nitrogens is 2. The fraction of sp³-hybridized carbons (Fsp3) is 0.688. The Morgan fingerprint density at radius 3 is 2.19 bits per heavy atom. The second kappa shape index (κ2) is 7.38. The molecule has 0 amide bonds. The van der Waals surface area contributed by atoms with Gasteiger partial charge in [-0.15, -0.1) is 5.10 Å². The third-order valence-electron chi connectivity index (χ3n) is 3.87. The second-order valence-electron chi connectivity index (χ2n) is 5.93. The molecule has 0 aliphatic heterocycles. The lowest BCUT2D eigenvalue weighted by atomic mass is 10.0. The molecule has 0 saturated carbocycles. The van der Waals surface area contributed by atoms with Gasteiger partial charge in [0.2, 0.25) is 0 Å². The zero-order chi connectivity index (χ0) is 16.2. The van der Waals surface area contributed by atoms with Crippen LogP contribution >= 0.6 is 0 Å². The van der Waals surface area contributed by atoms with E-state index in [2.05, 4.69) is 42.8 Å². The Balaban J connectivity index is 3.43. The van der Waals surface area contributed by atoms with Gasteiger partial charge in [0.25, 0.3) is 0 Å². The van der Waals surface area contributed by atoms with Gasteiger partial charge in [0.05, 0.1) is 5.69 Å². The first kappa shape index (κ1) is 17.4. The van der Waals surface area contributed by atoms with Crippen LogP contribution in [0.25, 0.3) is 0 Å². The molecule has 1 heterocycles.